The lowest BCUT2D eigenvalue weighted by molar-refractivity contribution is 0.663. The van der Waals surface area contributed by atoms with Crippen LogP contribution in [0.2, 0.25) is 0 Å². The standard InChI is InChI=1S/C51H36N2/c1-51(2)46-31-38-19-10-9-18-37(38)30-45(46)44-23-13-22-43(49(44)51)41-28-29-42(40-21-12-11-20-39(40)41)48-32-47(52-50(53-48)36-16-7-4-8-17-36)35-26-24-34(25-27-35)33-14-5-3-6-15-33/h3-32H,1-2H3. The van der Waals surface area contributed by atoms with Crippen molar-refractivity contribution in [3.63, 3.8) is 0 Å². The Hall–Kier alpha value is -6.64. The van der Waals surface area contributed by atoms with Crippen molar-refractivity contribution in [3.8, 4) is 67.3 Å². The summed E-state index contributed by atoms with van der Waals surface area (Å²) >= 11 is 0. The number of benzene rings is 8. The van der Waals surface area contributed by atoms with Crippen molar-refractivity contribution in [1.29, 1.82) is 0 Å². The van der Waals surface area contributed by atoms with Gasteiger partial charge in [0.15, 0.2) is 5.82 Å². The van der Waals surface area contributed by atoms with Crippen molar-refractivity contribution in [2.24, 2.45) is 0 Å². The quantitative estimate of drug-likeness (QED) is 0.181. The van der Waals surface area contributed by atoms with E-state index < -0.39 is 0 Å². The van der Waals surface area contributed by atoms with Gasteiger partial charge in [0, 0.05) is 22.1 Å². The molecule has 0 fully saturated rings. The van der Waals surface area contributed by atoms with Gasteiger partial charge in [0.05, 0.1) is 11.4 Å². The molecule has 0 aliphatic heterocycles. The molecule has 53 heavy (non-hydrogen) atoms. The van der Waals surface area contributed by atoms with Crippen LogP contribution in [0.1, 0.15) is 25.0 Å². The van der Waals surface area contributed by atoms with Crippen LogP contribution in [0.25, 0.3) is 88.8 Å². The Morgan fingerprint density at radius 2 is 0.887 bits per heavy atom. The van der Waals surface area contributed by atoms with E-state index in [-0.39, 0.29) is 5.41 Å². The maximum atomic E-state index is 5.24. The van der Waals surface area contributed by atoms with Gasteiger partial charge in [-0.2, -0.15) is 0 Å². The molecule has 0 N–H and O–H groups in total. The Morgan fingerprint density at radius 3 is 1.60 bits per heavy atom. The van der Waals surface area contributed by atoms with Crippen molar-refractivity contribution < 1.29 is 0 Å². The predicted octanol–water partition coefficient (Wildman–Crippen LogP) is 13.4. The molecule has 1 heterocycles. The number of aromatic nitrogens is 2. The normalized spacial score (nSPS) is 12.9. The highest BCUT2D eigenvalue weighted by molar-refractivity contribution is 6.07. The summed E-state index contributed by atoms with van der Waals surface area (Å²) in [6.45, 7) is 4.76. The molecular weight excluding hydrogens is 641 g/mol. The van der Waals surface area contributed by atoms with Crippen LogP contribution in [-0.4, -0.2) is 9.97 Å². The first-order valence-electron chi connectivity index (χ1n) is 18.3. The van der Waals surface area contributed by atoms with Gasteiger partial charge in [0.25, 0.3) is 0 Å². The monoisotopic (exact) mass is 676 g/mol. The van der Waals surface area contributed by atoms with E-state index in [0.717, 1.165) is 28.1 Å². The highest BCUT2D eigenvalue weighted by atomic mass is 14.9. The van der Waals surface area contributed by atoms with E-state index in [2.05, 4.69) is 178 Å². The first-order chi connectivity index (χ1) is 26.0. The first-order valence-corrected chi connectivity index (χ1v) is 18.3. The van der Waals surface area contributed by atoms with Crippen LogP contribution in [0.3, 0.4) is 0 Å². The highest BCUT2D eigenvalue weighted by Crippen LogP contribution is 2.54. The van der Waals surface area contributed by atoms with E-state index in [1.54, 1.807) is 0 Å². The molecule has 8 aromatic carbocycles. The average Bonchev–Trinajstić information content (AvgIpc) is 3.45. The summed E-state index contributed by atoms with van der Waals surface area (Å²) in [6.07, 6.45) is 0. The molecule has 2 nitrogen and oxygen atoms in total. The Bertz CT molecular complexity index is 2830. The van der Waals surface area contributed by atoms with Gasteiger partial charge in [-0.3, -0.25) is 0 Å². The SMILES string of the molecule is CC1(C)c2cc3ccccc3cc2-c2cccc(-c3ccc(-c4cc(-c5ccc(-c6ccccc6)cc5)nc(-c5ccccc5)n4)c4ccccc34)c21. The van der Waals surface area contributed by atoms with Crippen LogP contribution in [0.4, 0.5) is 0 Å². The molecule has 0 saturated heterocycles. The number of rotatable bonds is 5. The molecule has 1 aromatic heterocycles. The third kappa shape index (κ3) is 5.18. The maximum absolute atomic E-state index is 5.24. The molecule has 0 unspecified atom stereocenters. The summed E-state index contributed by atoms with van der Waals surface area (Å²) in [5, 5.41) is 4.95. The molecule has 0 bridgehead atoms. The molecule has 0 amide bonds. The van der Waals surface area contributed by atoms with Crippen molar-refractivity contribution in [2.45, 2.75) is 19.3 Å². The van der Waals surface area contributed by atoms with Gasteiger partial charge >= 0.3 is 0 Å². The van der Waals surface area contributed by atoms with Gasteiger partial charge < -0.3 is 0 Å². The fraction of sp³-hybridized carbons (Fsp3) is 0.0588. The van der Waals surface area contributed by atoms with Crippen LogP contribution in [0, 0.1) is 0 Å². The summed E-state index contributed by atoms with van der Waals surface area (Å²) in [5.41, 5.74) is 15.1. The van der Waals surface area contributed by atoms with Crippen molar-refractivity contribution in [1.82, 2.24) is 9.97 Å². The van der Waals surface area contributed by atoms with Gasteiger partial charge in [-0.15, -0.1) is 0 Å². The zero-order valence-corrected chi connectivity index (χ0v) is 29.7. The van der Waals surface area contributed by atoms with Crippen molar-refractivity contribution >= 4 is 21.5 Å². The van der Waals surface area contributed by atoms with Gasteiger partial charge in [-0.05, 0) is 84.3 Å². The smallest absolute Gasteiger partial charge is 0.160 e. The second-order valence-corrected chi connectivity index (χ2v) is 14.6. The van der Waals surface area contributed by atoms with E-state index in [1.807, 2.05) is 18.2 Å². The molecule has 10 rings (SSSR count). The van der Waals surface area contributed by atoms with E-state index in [0.29, 0.717) is 5.82 Å². The van der Waals surface area contributed by atoms with Crippen LogP contribution >= 0.6 is 0 Å². The summed E-state index contributed by atoms with van der Waals surface area (Å²) in [6, 6.07) is 65.3. The number of hydrogen-bond donors (Lipinski definition) is 0. The molecule has 0 saturated carbocycles. The van der Waals surface area contributed by atoms with Gasteiger partial charge in [-0.25, -0.2) is 9.97 Å². The van der Waals surface area contributed by atoms with Crippen LogP contribution in [0.5, 0.6) is 0 Å². The molecule has 0 radical (unpaired) electrons. The predicted molar refractivity (Wildman–Crippen MR) is 222 cm³/mol. The summed E-state index contributed by atoms with van der Waals surface area (Å²) in [5.74, 6) is 0.714. The Morgan fingerprint density at radius 1 is 0.358 bits per heavy atom. The average molecular weight is 677 g/mol. The van der Waals surface area contributed by atoms with Crippen molar-refractivity contribution in [2.75, 3.05) is 0 Å². The van der Waals surface area contributed by atoms with E-state index >= 15 is 0 Å². The zero-order valence-electron chi connectivity index (χ0n) is 29.7. The lowest BCUT2D eigenvalue weighted by atomic mass is 9.78. The van der Waals surface area contributed by atoms with E-state index in [9.17, 15) is 0 Å². The topological polar surface area (TPSA) is 25.8 Å². The van der Waals surface area contributed by atoms with E-state index in [1.165, 1.54) is 66.1 Å². The highest BCUT2D eigenvalue weighted by Gasteiger charge is 2.38. The second-order valence-electron chi connectivity index (χ2n) is 14.6. The molecule has 0 atom stereocenters. The maximum Gasteiger partial charge on any atom is 0.160 e. The zero-order chi connectivity index (χ0) is 35.5. The Labute approximate surface area is 310 Å². The van der Waals surface area contributed by atoms with Crippen LogP contribution in [-0.2, 0) is 5.41 Å². The summed E-state index contributed by atoms with van der Waals surface area (Å²) < 4.78 is 0. The molecule has 0 spiro atoms. The van der Waals surface area contributed by atoms with E-state index in [4.69, 9.17) is 9.97 Å². The second kappa shape index (κ2) is 12.3. The Balaban J connectivity index is 1.13. The minimum atomic E-state index is -0.159. The number of fused-ring (bicyclic) bond motifs is 5. The minimum absolute atomic E-state index is 0.159. The fourth-order valence-corrected chi connectivity index (χ4v) is 8.46. The molecule has 1 aliphatic rings. The lowest BCUT2D eigenvalue weighted by Gasteiger charge is -2.25. The molecular formula is C51H36N2. The summed E-state index contributed by atoms with van der Waals surface area (Å²) in [7, 11) is 0. The Kier molecular flexibility index (Phi) is 7.19. The lowest BCUT2D eigenvalue weighted by Crippen LogP contribution is -2.16. The van der Waals surface area contributed by atoms with Gasteiger partial charge in [0.1, 0.15) is 0 Å². The third-order valence-corrected chi connectivity index (χ3v) is 11.1. The largest absolute Gasteiger partial charge is 0.228 e. The van der Waals surface area contributed by atoms with Crippen molar-refractivity contribution in [3.05, 3.63) is 193 Å². The van der Waals surface area contributed by atoms with Crippen LogP contribution < -0.4 is 0 Å². The minimum Gasteiger partial charge on any atom is -0.228 e. The van der Waals surface area contributed by atoms with Crippen LogP contribution in [0.15, 0.2) is 182 Å². The molecule has 250 valence electrons. The number of hydrogen-bond acceptors (Lipinski definition) is 2. The third-order valence-electron chi connectivity index (χ3n) is 11.1. The first kappa shape index (κ1) is 31.1. The van der Waals surface area contributed by atoms with Gasteiger partial charge in [0.2, 0.25) is 0 Å². The molecule has 1 aliphatic carbocycles. The fourth-order valence-electron chi connectivity index (χ4n) is 8.46. The summed E-state index contributed by atoms with van der Waals surface area (Å²) in [4.78, 5) is 10.4. The molecule has 2 heteroatoms. The van der Waals surface area contributed by atoms with Gasteiger partial charge in [-0.1, -0.05) is 178 Å². The molecule has 9 aromatic rings. The number of nitrogens with zero attached hydrogens (tertiary/aromatic N) is 2.